The first-order chi connectivity index (χ1) is 11.7. The number of piperidine rings is 1. The Morgan fingerprint density at radius 1 is 1.48 bits per heavy atom. The maximum absolute atomic E-state index is 12.4. The van der Waals surface area contributed by atoms with Crippen molar-refractivity contribution in [1.29, 1.82) is 0 Å². The highest BCUT2D eigenvalue weighted by Gasteiger charge is 2.28. The molecule has 1 aliphatic heterocycles. The van der Waals surface area contributed by atoms with Crippen LogP contribution in [0.2, 0.25) is 0 Å². The maximum Gasteiger partial charge on any atom is 0.410 e. The number of ether oxygens (including phenoxy) is 1. The van der Waals surface area contributed by atoms with Crippen LogP contribution in [0.5, 0.6) is 0 Å². The van der Waals surface area contributed by atoms with Gasteiger partial charge in [0.05, 0.1) is 15.7 Å². The van der Waals surface area contributed by atoms with Crippen LogP contribution in [0, 0.1) is 16.0 Å². The second-order valence-corrected chi connectivity index (χ2v) is 8.50. The van der Waals surface area contributed by atoms with E-state index in [9.17, 15) is 19.1 Å². The smallest absolute Gasteiger partial charge is 0.410 e. The van der Waals surface area contributed by atoms with Gasteiger partial charge in [-0.15, -0.1) is 0 Å². The summed E-state index contributed by atoms with van der Waals surface area (Å²) in [4.78, 5) is 27.8. The first-order valence-electron chi connectivity index (χ1n) is 8.12. The zero-order chi connectivity index (χ0) is 18.6. The van der Waals surface area contributed by atoms with Gasteiger partial charge in [0.25, 0.3) is 5.69 Å². The number of nitrogens with zero attached hydrogens (tertiary/aromatic N) is 3. The summed E-state index contributed by atoms with van der Waals surface area (Å²) < 4.78 is 17.8. The highest BCUT2D eigenvalue weighted by Crippen LogP contribution is 2.22. The zero-order valence-electron chi connectivity index (χ0n) is 14.6. The van der Waals surface area contributed by atoms with Crippen LogP contribution in [0.3, 0.4) is 0 Å². The van der Waals surface area contributed by atoms with Gasteiger partial charge >= 0.3 is 6.09 Å². The number of hydrogen-bond donors (Lipinski definition) is 0. The molecule has 0 unspecified atom stereocenters. The summed E-state index contributed by atoms with van der Waals surface area (Å²) in [6.07, 6.45) is 2.46. The van der Waals surface area contributed by atoms with E-state index >= 15 is 0 Å². The summed E-state index contributed by atoms with van der Waals surface area (Å²) >= 11 is 0. The fraction of sp³-hybridized carbons (Fsp3) is 0.625. The normalized spacial score (nSPS) is 19.3. The fourth-order valence-electron chi connectivity index (χ4n) is 2.61. The Hall–Kier alpha value is -2.03. The molecule has 1 fully saturated rings. The lowest BCUT2D eigenvalue weighted by atomic mass is 10.0. The van der Waals surface area contributed by atoms with E-state index < -0.39 is 21.3 Å². The molecule has 2 rings (SSSR count). The summed E-state index contributed by atoms with van der Waals surface area (Å²) in [7, 11) is -1.36. The average Bonchev–Trinajstić information content (AvgIpc) is 2.53. The van der Waals surface area contributed by atoms with E-state index in [-0.39, 0.29) is 17.7 Å². The minimum absolute atomic E-state index is 0.0825. The monoisotopic (exact) mass is 369 g/mol. The predicted molar refractivity (Wildman–Crippen MR) is 92.7 cm³/mol. The summed E-state index contributed by atoms with van der Waals surface area (Å²) in [6.45, 7) is 6.59. The van der Waals surface area contributed by atoms with Crippen molar-refractivity contribution in [2.45, 2.75) is 44.2 Å². The first-order valence-corrected chi connectivity index (χ1v) is 9.44. The second-order valence-electron chi connectivity index (χ2n) is 7.06. The Bertz CT molecular complexity index is 657. The minimum Gasteiger partial charge on any atom is -0.444 e. The molecule has 0 spiro atoms. The highest BCUT2D eigenvalue weighted by molar-refractivity contribution is 7.84. The van der Waals surface area contributed by atoms with Crippen molar-refractivity contribution in [1.82, 2.24) is 9.88 Å². The van der Waals surface area contributed by atoms with Gasteiger partial charge in [0, 0.05) is 24.9 Å². The molecule has 1 amide bonds. The third kappa shape index (κ3) is 5.77. The van der Waals surface area contributed by atoms with Crippen LogP contribution in [-0.4, -0.2) is 49.6 Å². The van der Waals surface area contributed by atoms with Crippen molar-refractivity contribution in [3.63, 3.8) is 0 Å². The van der Waals surface area contributed by atoms with Gasteiger partial charge in [0.1, 0.15) is 16.8 Å². The van der Waals surface area contributed by atoms with Crippen LogP contribution in [0.25, 0.3) is 0 Å². The lowest BCUT2D eigenvalue weighted by Gasteiger charge is -2.33. The van der Waals surface area contributed by atoms with Crippen LogP contribution < -0.4 is 0 Å². The number of carbonyl (C=O) groups excluding carboxylic acids is 1. The molecule has 2 heterocycles. The molecule has 25 heavy (non-hydrogen) atoms. The molecule has 8 nitrogen and oxygen atoms in total. The Kier molecular flexibility index (Phi) is 6.10. The van der Waals surface area contributed by atoms with Crippen molar-refractivity contribution in [2.24, 2.45) is 5.92 Å². The molecule has 1 saturated heterocycles. The predicted octanol–water partition coefficient (Wildman–Crippen LogP) is 2.74. The van der Waals surface area contributed by atoms with E-state index in [0.717, 1.165) is 19.0 Å². The minimum atomic E-state index is -1.36. The van der Waals surface area contributed by atoms with Crippen molar-refractivity contribution in [2.75, 3.05) is 18.8 Å². The molecule has 0 N–H and O–H groups in total. The van der Waals surface area contributed by atoms with Crippen LogP contribution in [0.4, 0.5) is 10.5 Å². The molecular weight excluding hydrogens is 346 g/mol. The molecule has 1 aromatic heterocycles. The third-order valence-electron chi connectivity index (χ3n) is 3.72. The molecule has 0 aliphatic carbocycles. The highest BCUT2D eigenvalue weighted by atomic mass is 32.2. The molecule has 0 bridgehead atoms. The van der Waals surface area contributed by atoms with Gasteiger partial charge in [0.2, 0.25) is 0 Å². The topological polar surface area (TPSA) is 103 Å². The van der Waals surface area contributed by atoms with E-state index in [1.807, 2.05) is 20.8 Å². The Morgan fingerprint density at radius 2 is 2.20 bits per heavy atom. The quantitative estimate of drug-likeness (QED) is 0.597. The molecule has 138 valence electrons. The largest absolute Gasteiger partial charge is 0.444 e. The van der Waals surface area contributed by atoms with Crippen LogP contribution in [-0.2, 0) is 15.5 Å². The van der Waals surface area contributed by atoms with E-state index in [2.05, 4.69) is 4.98 Å². The summed E-state index contributed by atoms with van der Waals surface area (Å²) in [5, 5.41) is 11.0. The lowest BCUT2D eigenvalue weighted by Crippen LogP contribution is -2.44. The number of pyridine rings is 1. The van der Waals surface area contributed by atoms with Crippen molar-refractivity contribution in [3.05, 3.63) is 28.4 Å². The average molecular weight is 369 g/mol. The molecule has 1 aromatic rings. The molecule has 9 heteroatoms. The standard InChI is InChI=1S/C16H23N3O5S/c1-16(2,3)24-15(20)18-8-4-5-12(10-18)11-25(23)14-7-6-13(9-17-14)19(21)22/h6-7,9,12H,4-5,8,10-11H2,1-3H3/t12-,25-/m1/s1. The molecule has 1 aliphatic rings. The van der Waals surface area contributed by atoms with Gasteiger partial charge in [0.15, 0.2) is 0 Å². The summed E-state index contributed by atoms with van der Waals surface area (Å²) in [5.74, 6) is 0.448. The molecule has 0 radical (unpaired) electrons. The Morgan fingerprint density at radius 3 is 2.76 bits per heavy atom. The second kappa shape index (κ2) is 7.90. The van der Waals surface area contributed by atoms with Crippen LogP contribution in [0.1, 0.15) is 33.6 Å². The van der Waals surface area contributed by atoms with Gasteiger partial charge in [-0.3, -0.25) is 14.3 Å². The number of rotatable bonds is 4. The van der Waals surface area contributed by atoms with Crippen molar-refractivity contribution >= 4 is 22.6 Å². The number of nitro groups is 1. The van der Waals surface area contributed by atoms with Gasteiger partial charge in [-0.05, 0) is 45.6 Å². The number of aromatic nitrogens is 1. The van der Waals surface area contributed by atoms with Gasteiger partial charge in [-0.2, -0.15) is 0 Å². The van der Waals surface area contributed by atoms with Crippen LogP contribution in [0.15, 0.2) is 23.4 Å². The first kappa shape index (κ1) is 19.3. The molecule has 2 atom stereocenters. The van der Waals surface area contributed by atoms with Crippen LogP contribution >= 0.6 is 0 Å². The Balaban J connectivity index is 1.94. The van der Waals surface area contributed by atoms with Crippen molar-refractivity contribution < 1.29 is 18.7 Å². The maximum atomic E-state index is 12.4. The molecule has 0 aromatic carbocycles. The fourth-order valence-corrected chi connectivity index (χ4v) is 3.87. The van der Waals surface area contributed by atoms with Gasteiger partial charge in [-0.25, -0.2) is 9.78 Å². The van der Waals surface area contributed by atoms with E-state index in [0.29, 0.717) is 23.9 Å². The number of hydrogen-bond acceptors (Lipinski definition) is 6. The molecule has 0 saturated carbocycles. The lowest BCUT2D eigenvalue weighted by molar-refractivity contribution is -0.385. The van der Waals surface area contributed by atoms with E-state index in [4.69, 9.17) is 4.74 Å². The van der Waals surface area contributed by atoms with Gasteiger partial charge in [-0.1, -0.05) is 0 Å². The van der Waals surface area contributed by atoms with E-state index in [1.54, 1.807) is 4.90 Å². The number of likely N-dealkylation sites (tertiary alicyclic amines) is 1. The summed E-state index contributed by atoms with van der Waals surface area (Å²) in [5.41, 5.74) is -0.676. The number of carbonyl (C=O) groups is 1. The zero-order valence-corrected chi connectivity index (χ0v) is 15.5. The van der Waals surface area contributed by atoms with Crippen molar-refractivity contribution in [3.8, 4) is 0 Å². The Labute approximate surface area is 149 Å². The summed E-state index contributed by atoms with van der Waals surface area (Å²) in [6, 6.07) is 2.72. The van der Waals surface area contributed by atoms with E-state index in [1.165, 1.54) is 12.1 Å². The van der Waals surface area contributed by atoms with Gasteiger partial charge < -0.3 is 9.64 Å². The third-order valence-corrected chi connectivity index (χ3v) is 5.20. The molecular formula is C16H23N3O5S. The number of amides is 1. The SMILES string of the molecule is CC(C)(C)OC(=O)N1CCC[C@@H](C[S@@](=O)c2ccc([N+](=O)[O-])cn2)C1.